The van der Waals surface area contributed by atoms with E-state index < -0.39 is 0 Å². The summed E-state index contributed by atoms with van der Waals surface area (Å²) in [6.45, 7) is 9.36. The molecule has 1 nitrogen and oxygen atoms in total. The summed E-state index contributed by atoms with van der Waals surface area (Å²) in [6, 6.07) is 8.51. The highest BCUT2D eigenvalue weighted by Gasteiger charge is 2.19. The lowest BCUT2D eigenvalue weighted by atomic mass is 9.86. The van der Waals surface area contributed by atoms with Crippen LogP contribution in [-0.4, -0.2) is 0 Å². The Kier molecular flexibility index (Phi) is 4.36. The third kappa shape index (κ3) is 3.61. The predicted molar refractivity (Wildman–Crippen MR) is 86.2 cm³/mol. The third-order valence-corrected chi connectivity index (χ3v) is 4.89. The van der Waals surface area contributed by atoms with Gasteiger partial charge in [0.05, 0.1) is 4.88 Å². The van der Waals surface area contributed by atoms with Crippen molar-refractivity contribution in [3.05, 3.63) is 50.1 Å². The Balaban J connectivity index is 2.24. The van der Waals surface area contributed by atoms with Crippen molar-refractivity contribution < 1.29 is 4.74 Å². The number of hydrogen-bond acceptors (Lipinski definition) is 2. The van der Waals surface area contributed by atoms with Gasteiger partial charge >= 0.3 is 0 Å². The van der Waals surface area contributed by atoms with Crippen LogP contribution in [-0.2, 0) is 12.0 Å². The van der Waals surface area contributed by atoms with E-state index in [1.165, 1.54) is 16.0 Å². The molecule has 0 N–H and O–H groups in total. The Bertz CT molecular complexity index is 566. The molecule has 2 aromatic rings. The van der Waals surface area contributed by atoms with E-state index >= 15 is 0 Å². The molecule has 1 heterocycles. The van der Waals surface area contributed by atoms with Crippen molar-refractivity contribution in [1.29, 1.82) is 0 Å². The molecule has 0 aliphatic heterocycles. The standard InChI is InChI=1S/C16H19BrOS/c1-11-5-6-12(16(2,3)4)14(9-11)18-10-15-13(17)7-8-19-15/h5-9H,10H2,1-4H3. The first-order valence-electron chi connectivity index (χ1n) is 6.34. The quantitative estimate of drug-likeness (QED) is 0.697. The van der Waals surface area contributed by atoms with E-state index in [1.807, 2.05) is 0 Å². The summed E-state index contributed by atoms with van der Waals surface area (Å²) in [5.74, 6) is 0.993. The molecule has 0 aliphatic carbocycles. The van der Waals surface area contributed by atoms with E-state index in [1.54, 1.807) is 11.3 Å². The minimum Gasteiger partial charge on any atom is -0.488 e. The van der Waals surface area contributed by atoms with Crippen molar-refractivity contribution in [1.82, 2.24) is 0 Å². The van der Waals surface area contributed by atoms with Gasteiger partial charge in [-0.3, -0.25) is 0 Å². The molecule has 0 spiro atoms. The molecule has 3 heteroatoms. The summed E-state index contributed by atoms with van der Waals surface area (Å²) >= 11 is 5.26. The van der Waals surface area contributed by atoms with Crippen molar-refractivity contribution in [2.24, 2.45) is 0 Å². The number of thiophene rings is 1. The van der Waals surface area contributed by atoms with Crippen molar-refractivity contribution >= 4 is 27.3 Å². The zero-order valence-corrected chi connectivity index (χ0v) is 14.2. The zero-order chi connectivity index (χ0) is 14.0. The van der Waals surface area contributed by atoms with Crippen LogP contribution >= 0.6 is 27.3 Å². The minimum absolute atomic E-state index is 0.0930. The van der Waals surface area contributed by atoms with E-state index in [-0.39, 0.29) is 5.41 Å². The van der Waals surface area contributed by atoms with Crippen molar-refractivity contribution in [2.75, 3.05) is 0 Å². The summed E-state index contributed by atoms with van der Waals surface area (Å²) in [5, 5.41) is 2.07. The van der Waals surface area contributed by atoms with Gasteiger partial charge in [0.1, 0.15) is 12.4 Å². The second kappa shape index (κ2) is 5.68. The van der Waals surface area contributed by atoms with Gasteiger partial charge in [0.15, 0.2) is 0 Å². The Morgan fingerprint density at radius 3 is 2.53 bits per heavy atom. The Morgan fingerprint density at radius 2 is 1.95 bits per heavy atom. The van der Waals surface area contributed by atoms with E-state index in [9.17, 15) is 0 Å². The summed E-state index contributed by atoms with van der Waals surface area (Å²) < 4.78 is 7.18. The number of ether oxygens (including phenoxy) is 1. The van der Waals surface area contributed by atoms with Crippen LogP contribution in [0.4, 0.5) is 0 Å². The monoisotopic (exact) mass is 338 g/mol. The second-order valence-electron chi connectivity index (χ2n) is 5.73. The lowest BCUT2D eigenvalue weighted by molar-refractivity contribution is 0.300. The Morgan fingerprint density at radius 1 is 1.21 bits per heavy atom. The van der Waals surface area contributed by atoms with Gasteiger partial charge in [-0.05, 0) is 56.9 Å². The lowest BCUT2D eigenvalue weighted by Gasteiger charge is -2.23. The maximum Gasteiger partial charge on any atom is 0.124 e. The molecule has 1 aromatic carbocycles. The first kappa shape index (κ1) is 14.6. The Hall–Kier alpha value is -0.800. The number of rotatable bonds is 3. The zero-order valence-electron chi connectivity index (χ0n) is 11.8. The summed E-state index contributed by atoms with van der Waals surface area (Å²) in [5.41, 5.74) is 2.58. The van der Waals surface area contributed by atoms with Gasteiger partial charge in [-0.1, -0.05) is 32.9 Å². The molecular weight excluding hydrogens is 320 g/mol. The molecule has 0 bridgehead atoms. The number of hydrogen-bond donors (Lipinski definition) is 0. The molecule has 0 amide bonds. The minimum atomic E-state index is 0.0930. The normalized spacial score (nSPS) is 11.6. The van der Waals surface area contributed by atoms with Gasteiger partial charge in [-0.15, -0.1) is 11.3 Å². The molecule has 1 aromatic heterocycles. The van der Waals surface area contributed by atoms with E-state index in [4.69, 9.17) is 4.74 Å². The molecule has 0 atom stereocenters. The molecular formula is C16H19BrOS. The maximum absolute atomic E-state index is 6.05. The lowest BCUT2D eigenvalue weighted by Crippen LogP contribution is -2.13. The predicted octanol–water partition coefficient (Wildman–Crippen LogP) is 5.70. The van der Waals surface area contributed by atoms with Gasteiger partial charge in [-0.2, -0.15) is 0 Å². The largest absolute Gasteiger partial charge is 0.488 e. The third-order valence-electron chi connectivity index (χ3n) is 2.99. The van der Waals surface area contributed by atoms with Crippen LogP contribution < -0.4 is 4.74 Å². The highest BCUT2D eigenvalue weighted by Crippen LogP contribution is 2.33. The molecule has 2 rings (SSSR count). The van der Waals surface area contributed by atoms with Crippen LogP contribution in [0.1, 0.15) is 36.8 Å². The van der Waals surface area contributed by atoms with Crippen LogP contribution in [0.3, 0.4) is 0 Å². The van der Waals surface area contributed by atoms with Crippen LogP contribution in [0.25, 0.3) is 0 Å². The SMILES string of the molecule is Cc1ccc(C(C)(C)C)c(OCc2sccc2Br)c1. The van der Waals surface area contributed by atoms with Gasteiger partial charge in [0.25, 0.3) is 0 Å². The summed E-state index contributed by atoms with van der Waals surface area (Å²) in [4.78, 5) is 1.22. The first-order chi connectivity index (χ1) is 8.88. The van der Waals surface area contributed by atoms with Crippen molar-refractivity contribution in [3.63, 3.8) is 0 Å². The Labute approximate surface area is 127 Å². The highest BCUT2D eigenvalue weighted by molar-refractivity contribution is 9.10. The van der Waals surface area contributed by atoms with E-state index in [2.05, 4.69) is 73.3 Å². The molecule has 102 valence electrons. The smallest absolute Gasteiger partial charge is 0.124 e. The van der Waals surface area contributed by atoms with Crippen LogP contribution in [0.15, 0.2) is 34.1 Å². The van der Waals surface area contributed by atoms with Crippen LogP contribution in [0, 0.1) is 6.92 Å². The number of aryl methyl sites for hydroxylation is 1. The van der Waals surface area contributed by atoms with E-state index in [0.29, 0.717) is 6.61 Å². The average Bonchev–Trinajstić information content (AvgIpc) is 2.70. The fourth-order valence-electron chi connectivity index (χ4n) is 1.94. The fraction of sp³-hybridized carbons (Fsp3) is 0.375. The van der Waals surface area contributed by atoms with Crippen molar-refractivity contribution in [3.8, 4) is 5.75 Å². The molecule has 0 radical (unpaired) electrons. The van der Waals surface area contributed by atoms with Gasteiger partial charge in [0.2, 0.25) is 0 Å². The van der Waals surface area contributed by atoms with Crippen LogP contribution in [0.2, 0.25) is 0 Å². The van der Waals surface area contributed by atoms with E-state index in [0.717, 1.165) is 10.2 Å². The summed E-state index contributed by atoms with van der Waals surface area (Å²) in [7, 11) is 0. The number of benzene rings is 1. The first-order valence-corrected chi connectivity index (χ1v) is 8.01. The van der Waals surface area contributed by atoms with Crippen molar-refractivity contribution in [2.45, 2.75) is 39.7 Å². The molecule has 0 unspecified atom stereocenters. The molecule has 19 heavy (non-hydrogen) atoms. The van der Waals surface area contributed by atoms with Gasteiger partial charge in [-0.25, -0.2) is 0 Å². The topological polar surface area (TPSA) is 9.23 Å². The molecule has 0 fully saturated rings. The molecule has 0 aliphatic rings. The fourth-order valence-corrected chi connectivity index (χ4v) is 3.32. The molecule has 0 saturated carbocycles. The summed E-state index contributed by atoms with van der Waals surface area (Å²) in [6.07, 6.45) is 0. The molecule has 0 saturated heterocycles. The van der Waals surface area contributed by atoms with Crippen LogP contribution in [0.5, 0.6) is 5.75 Å². The second-order valence-corrected chi connectivity index (χ2v) is 7.59. The van der Waals surface area contributed by atoms with Gasteiger partial charge in [0, 0.05) is 4.47 Å². The average molecular weight is 339 g/mol. The highest BCUT2D eigenvalue weighted by atomic mass is 79.9. The maximum atomic E-state index is 6.05. The van der Waals surface area contributed by atoms with Gasteiger partial charge < -0.3 is 4.74 Å². The number of halogens is 1.